The molecule has 0 aliphatic carbocycles. The zero-order valence-electron chi connectivity index (χ0n) is 22.1. The molecule has 0 heterocycles. The van der Waals surface area contributed by atoms with Crippen molar-refractivity contribution in [1.82, 2.24) is 0 Å². The summed E-state index contributed by atoms with van der Waals surface area (Å²) < 4.78 is 135. The third kappa shape index (κ3) is 586. The third-order valence-electron chi connectivity index (χ3n) is 0. The molecule has 0 amide bonds. The fourth-order valence-electron chi connectivity index (χ4n) is 0. The van der Waals surface area contributed by atoms with E-state index in [2.05, 4.69) is 0 Å². The molecule has 0 spiro atoms. The van der Waals surface area contributed by atoms with Gasteiger partial charge in [0.2, 0.25) is 0 Å². The van der Waals surface area contributed by atoms with Crippen LogP contribution in [-0.2, 0) is 30.4 Å². The van der Waals surface area contributed by atoms with E-state index >= 15 is 0 Å². The molecule has 0 aromatic carbocycles. The molecule has 31 heteroatoms. The van der Waals surface area contributed by atoms with Gasteiger partial charge >= 0.3 is 452 Å². The van der Waals surface area contributed by atoms with Gasteiger partial charge in [-0.25, -0.2) is 0 Å². The second-order valence-electron chi connectivity index (χ2n) is 0.770. The molecule has 0 bridgehead atoms. The maximum absolute atomic E-state index is 8.46. The zero-order chi connectivity index (χ0) is 21.7. The van der Waals surface area contributed by atoms with E-state index in [1.54, 1.807) is 0 Å². The molecule has 0 aliphatic heterocycles. The quantitative estimate of drug-likeness (QED) is 0.207. The van der Waals surface area contributed by atoms with Gasteiger partial charge in [0.05, 0.1) is 0 Å². The summed E-state index contributed by atoms with van der Waals surface area (Å²) in [6, 6.07) is 0. The van der Waals surface area contributed by atoms with Gasteiger partial charge in [-0.15, -0.1) is 0 Å². The van der Waals surface area contributed by atoms with Gasteiger partial charge in [0.15, 0.2) is 0 Å². The fourth-order valence-corrected chi connectivity index (χ4v) is 0. The summed E-state index contributed by atoms with van der Waals surface area (Å²) in [4.78, 5) is 0. The van der Waals surface area contributed by atoms with Crippen LogP contribution in [0.15, 0.2) is 0 Å². The summed E-state index contributed by atoms with van der Waals surface area (Å²) in [5.74, 6) is 0. The Bertz CT molecular complexity index is 202. The molecule has 0 aliphatic rings. The molecule has 0 unspecified atom stereocenters. The van der Waals surface area contributed by atoms with Crippen molar-refractivity contribution in [3.05, 3.63) is 0 Å². The Morgan fingerprint density at radius 2 is 0.258 bits per heavy atom. The van der Waals surface area contributed by atoms with E-state index in [9.17, 15) is 0 Å². The first-order valence-corrected chi connectivity index (χ1v) is 11.3. The number of hydrogen-bond acceptors (Lipinski definition) is 16. The van der Waals surface area contributed by atoms with Crippen LogP contribution < -0.4 is 33.3 Å². The van der Waals surface area contributed by atoms with Crippen LogP contribution in [0.25, 0.3) is 0 Å². The van der Waals surface area contributed by atoms with Crippen molar-refractivity contribution >= 4 is 388 Å². The Morgan fingerprint density at radius 3 is 0.258 bits per heavy atom. The average Bonchev–Trinajstić information content (AvgIpc) is 2.45. The minimum absolute atomic E-state index is 0. The Morgan fingerprint density at radius 1 is 0.258 bits per heavy atom. The molecule has 0 rings (SSSR count). The van der Waals surface area contributed by atoms with Crippen molar-refractivity contribution in [3.8, 4) is 0 Å². The van der Waals surface area contributed by atoms with Crippen LogP contribution in [0.4, 0.5) is 0 Å². The van der Waals surface area contributed by atoms with E-state index in [4.69, 9.17) is 63.7 Å². The molecule has 0 radical (unpaired) electrons. The van der Waals surface area contributed by atoms with Gasteiger partial charge in [-0.1, -0.05) is 0 Å². The van der Waals surface area contributed by atoms with Crippen molar-refractivity contribution in [2.45, 2.75) is 0 Å². The Balaban J connectivity index is -0.00000000396. The van der Waals surface area contributed by atoms with Gasteiger partial charge in [-0.05, 0) is 0 Å². The van der Waals surface area contributed by atoms with Crippen LogP contribution in [0.5, 0.6) is 0 Å². The summed E-state index contributed by atoms with van der Waals surface area (Å²) in [6.45, 7) is 0. The molecule has 0 atom stereocenters. The predicted molar refractivity (Wildman–Crippen MR) is 98.5 cm³/mol. The SMILES string of the molecule is [Ca+2].[Ca+2].[Ca+2].[Ca+2].[Ca+2].[Ca+2].[Ca+2].[H-].[H-].[H-].[H-].[H-].[H-].[O]=[Al][O-].[O]=[Al][O-].[O]=[Al][O-].[O]=[Al][O-].[O]=[Al][O-].[O]=[Al][O-].[O]=[Al][O-].[O]=[Al][O-]. The Labute approximate surface area is 447 Å². The van der Waals surface area contributed by atoms with Crippen molar-refractivity contribution in [2.75, 3.05) is 0 Å². The van der Waals surface area contributed by atoms with E-state index < -0.39 is 124 Å². The van der Waals surface area contributed by atoms with E-state index in [0.717, 1.165) is 0 Å². The van der Waals surface area contributed by atoms with Crippen LogP contribution in [0.3, 0.4) is 0 Å². The predicted octanol–water partition coefficient (Wildman–Crippen LogP) is -15.5. The van der Waals surface area contributed by atoms with Crippen LogP contribution >= 0.6 is 0 Å². The van der Waals surface area contributed by atoms with Gasteiger partial charge in [-0.2, -0.15) is 0 Å². The zero-order valence-corrected chi connectivity index (χ0v) is 40.8. The summed E-state index contributed by atoms with van der Waals surface area (Å²) in [5, 5.41) is 0. The molecule has 0 aromatic rings. The number of hydrogen-bond donors (Lipinski definition) is 0. The summed E-state index contributed by atoms with van der Waals surface area (Å²) in [7, 11) is 0. The van der Waals surface area contributed by atoms with E-state index in [0.29, 0.717) is 0 Å². The van der Waals surface area contributed by atoms with Crippen LogP contribution in [0.2, 0.25) is 0 Å². The van der Waals surface area contributed by atoms with E-state index in [-0.39, 0.29) is 273 Å². The van der Waals surface area contributed by atoms with Crippen molar-refractivity contribution in [3.63, 3.8) is 0 Å². The van der Waals surface area contributed by atoms with Crippen LogP contribution in [-0.4, -0.2) is 388 Å². The average molecular weight is 758 g/mol. The topological polar surface area (TPSA) is 321 Å². The monoisotopic (exact) mass is 758 g/mol. The molecule has 0 N–H and O–H groups in total. The summed E-state index contributed by atoms with van der Waals surface area (Å²) in [5.41, 5.74) is 0. The van der Waals surface area contributed by atoms with Gasteiger partial charge in [0.1, 0.15) is 0 Å². The van der Waals surface area contributed by atoms with Crippen LogP contribution in [0.1, 0.15) is 8.56 Å². The molecule has 31 heavy (non-hydrogen) atoms. The van der Waals surface area contributed by atoms with Crippen molar-refractivity contribution in [2.24, 2.45) is 0 Å². The van der Waals surface area contributed by atoms with Gasteiger partial charge in [0.25, 0.3) is 0 Å². The molecule has 0 aromatic heterocycles. The normalized spacial score (nSPS) is 2.06. The molecule has 16 nitrogen and oxygen atoms in total. The maximum atomic E-state index is 8.46. The summed E-state index contributed by atoms with van der Waals surface area (Å²) in [6.07, 6.45) is 0. The summed E-state index contributed by atoms with van der Waals surface area (Å²) >= 11 is -14.0. The molecule has 0 saturated carbocycles. The molecule has 0 saturated heterocycles. The first kappa shape index (κ1) is 97.1. The standard InChI is InChI=1S/8Al.7Ca.16O.6H/q;;;;;;;;7*+2;;;;;;;;;14*-1. The van der Waals surface area contributed by atoms with Crippen molar-refractivity contribution < 1.29 is 72.3 Å². The fraction of sp³-hybridized carbons (Fsp3) is 0. The van der Waals surface area contributed by atoms with Crippen LogP contribution in [0, 0.1) is 0 Å². The first-order valence-electron chi connectivity index (χ1n) is 3.77. The molecular weight excluding hydrogens is 752 g/mol. The minimum atomic E-state index is -1.75. The molecular formula is H6Al8Ca7O16. The number of rotatable bonds is 0. The van der Waals surface area contributed by atoms with Gasteiger partial charge in [-0.3, -0.25) is 0 Å². The van der Waals surface area contributed by atoms with Gasteiger partial charge < -0.3 is 8.56 Å². The van der Waals surface area contributed by atoms with Gasteiger partial charge in [0, 0.05) is 0 Å². The molecule has 0 fully saturated rings. The van der Waals surface area contributed by atoms with E-state index in [1.165, 1.54) is 0 Å². The molecule has 140 valence electrons. The van der Waals surface area contributed by atoms with E-state index in [1.807, 2.05) is 0 Å². The first-order chi connectivity index (χ1) is 11.3. The van der Waals surface area contributed by atoms with Crippen molar-refractivity contribution in [1.29, 1.82) is 0 Å². The Hall–Kier alpha value is 9.88. The third-order valence-corrected chi connectivity index (χ3v) is 0. The Kier molecular flexibility index (Phi) is 591. The second-order valence-corrected chi connectivity index (χ2v) is 2.31. The second kappa shape index (κ2) is 189.